The van der Waals surface area contributed by atoms with E-state index in [1.807, 2.05) is 42.5 Å². The molecule has 4 aromatic rings. The molecule has 6 nitrogen and oxygen atoms in total. The molecule has 4 rings (SSSR count). The number of carbonyl (C=O) groups excluding carboxylic acids is 1. The second-order valence-corrected chi connectivity index (χ2v) is 6.81. The molecular formula is C24H21N3O3. The zero-order valence-electron chi connectivity index (χ0n) is 16.5. The van der Waals surface area contributed by atoms with Crippen molar-refractivity contribution in [3.63, 3.8) is 0 Å². The summed E-state index contributed by atoms with van der Waals surface area (Å²) >= 11 is 0. The summed E-state index contributed by atoms with van der Waals surface area (Å²) in [4.78, 5) is 12.4. The van der Waals surface area contributed by atoms with Crippen LogP contribution in [0.2, 0.25) is 0 Å². The summed E-state index contributed by atoms with van der Waals surface area (Å²) in [5.74, 6) is 0.166. The van der Waals surface area contributed by atoms with E-state index in [0.717, 1.165) is 17.3 Å². The number of rotatable bonds is 6. The van der Waals surface area contributed by atoms with E-state index in [9.17, 15) is 9.90 Å². The Morgan fingerprint density at radius 1 is 0.967 bits per heavy atom. The first-order chi connectivity index (χ1) is 14.7. The number of hydrogen-bond acceptors (Lipinski definition) is 4. The van der Waals surface area contributed by atoms with Crippen molar-refractivity contribution in [2.24, 2.45) is 10.2 Å². The van der Waals surface area contributed by atoms with Crippen LogP contribution in [0.3, 0.4) is 0 Å². The molecule has 0 radical (unpaired) electrons. The number of methoxy groups -OCH3 is 1. The zero-order chi connectivity index (χ0) is 20.9. The summed E-state index contributed by atoms with van der Waals surface area (Å²) in [5, 5.41) is 19.5. The highest BCUT2D eigenvalue weighted by Crippen LogP contribution is 2.39. The van der Waals surface area contributed by atoms with Crippen molar-refractivity contribution in [1.29, 1.82) is 0 Å². The summed E-state index contributed by atoms with van der Waals surface area (Å²) in [6.07, 6.45) is 0.758. The van der Waals surface area contributed by atoms with Crippen molar-refractivity contribution >= 4 is 22.5 Å². The fraction of sp³-hybridized carbons (Fsp3) is 0.125. The molecule has 1 N–H and O–H groups in total. The molecule has 6 heteroatoms. The molecule has 0 fully saturated rings. The standard InChI is InChI=1S/C24H21N3O3/c1-30-19-13-11-18(12-14-19)23(28)26-25-22-20-9-5-6-10-21(20)27(24(22)29)16-15-17-7-3-2-4-8-17/h2-14,29H,15-16H2,1H3. The van der Waals surface area contributed by atoms with Crippen molar-refractivity contribution in [2.45, 2.75) is 13.0 Å². The van der Waals surface area contributed by atoms with E-state index in [1.165, 1.54) is 5.56 Å². The van der Waals surface area contributed by atoms with Gasteiger partial charge in [-0.15, -0.1) is 10.2 Å². The van der Waals surface area contributed by atoms with Gasteiger partial charge in [0.15, 0.2) is 5.69 Å². The topological polar surface area (TPSA) is 76.2 Å². The molecule has 0 aliphatic heterocycles. The van der Waals surface area contributed by atoms with Gasteiger partial charge in [-0.3, -0.25) is 4.79 Å². The van der Waals surface area contributed by atoms with Crippen LogP contribution in [0.5, 0.6) is 11.6 Å². The quantitative estimate of drug-likeness (QED) is 0.434. The third-order valence-electron chi connectivity index (χ3n) is 4.96. The summed E-state index contributed by atoms with van der Waals surface area (Å²) in [7, 11) is 1.56. The fourth-order valence-corrected chi connectivity index (χ4v) is 3.37. The van der Waals surface area contributed by atoms with Crippen LogP contribution in [-0.4, -0.2) is 22.7 Å². The Kier molecular flexibility index (Phi) is 5.57. The Hall–Kier alpha value is -3.93. The van der Waals surface area contributed by atoms with Gasteiger partial charge < -0.3 is 14.4 Å². The van der Waals surface area contributed by atoms with Crippen LogP contribution in [0.1, 0.15) is 15.9 Å². The van der Waals surface area contributed by atoms with Gasteiger partial charge in [-0.1, -0.05) is 48.5 Å². The highest BCUT2D eigenvalue weighted by atomic mass is 16.5. The minimum atomic E-state index is -0.488. The van der Waals surface area contributed by atoms with E-state index in [1.54, 1.807) is 35.9 Å². The molecule has 0 aliphatic carbocycles. The van der Waals surface area contributed by atoms with Crippen molar-refractivity contribution in [3.8, 4) is 11.6 Å². The largest absolute Gasteiger partial charge is 0.497 e. The van der Waals surface area contributed by atoms with Gasteiger partial charge in [-0.2, -0.15) is 0 Å². The number of carbonyl (C=O) groups is 1. The third-order valence-corrected chi connectivity index (χ3v) is 4.96. The van der Waals surface area contributed by atoms with E-state index in [-0.39, 0.29) is 5.88 Å². The molecule has 0 bridgehead atoms. The van der Waals surface area contributed by atoms with E-state index in [4.69, 9.17) is 4.74 Å². The highest BCUT2D eigenvalue weighted by Gasteiger charge is 2.17. The molecule has 30 heavy (non-hydrogen) atoms. The maximum absolute atomic E-state index is 12.4. The Labute approximate surface area is 174 Å². The number of nitrogens with zero attached hydrogens (tertiary/aromatic N) is 3. The first kappa shape index (κ1) is 19.4. The van der Waals surface area contributed by atoms with E-state index in [2.05, 4.69) is 22.4 Å². The van der Waals surface area contributed by atoms with Crippen molar-refractivity contribution < 1.29 is 14.6 Å². The van der Waals surface area contributed by atoms with Gasteiger partial charge in [0.25, 0.3) is 5.91 Å². The van der Waals surface area contributed by atoms with E-state index >= 15 is 0 Å². The van der Waals surface area contributed by atoms with Crippen LogP contribution < -0.4 is 4.74 Å². The first-order valence-corrected chi connectivity index (χ1v) is 9.61. The fourth-order valence-electron chi connectivity index (χ4n) is 3.37. The van der Waals surface area contributed by atoms with Crippen LogP contribution >= 0.6 is 0 Å². The first-order valence-electron chi connectivity index (χ1n) is 9.61. The van der Waals surface area contributed by atoms with E-state index in [0.29, 0.717) is 23.5 Å². The average molecular weight is 399 g/mol. The minimum Gasteiger partial charge on any atom is -0.497 e. The van der Waals surface area contributed by atoms with Gasteiger partial charge in [-0.05, 0) is 42.3 Å². The molecule has 0 unspecified atom stereocenters. The van der Waals surface area contributed by atoms with Gasteiger partial charge in [0.2, 0.25) is 5.88 Å². The molecule has 0 spiro atoms. The van der Waals surface area contributed by atoms with E-state index < -0.39 is 5.91 Å². The number of azo groups is 1. The lowest BCUT2D eigenvalue weighted by Gasteiger charge is -2.07. The average Bonchev–Trinajstić information content (AvgIpc) is 3.07. The molecule has 150 valence electrons. The van der Waals surface area contributed by atoms with Crippen LogP contribution in [0.15, 0.2) is 89.1 Å². The molecule has 3 aromatic carbocycles. The molecular weight excluding hydrogens is 378 g/mol. The summed E-state index contributed by atoms with van der Waals surface area (Å²) in [5.41, 5.74) is 2.71. The summed E-state index contributed by atoms with van der Waals surface area (Å²) in [6, 6.07) is 24.3. The maximum Gasteiger partial charge on any atom is 0.295 e. The molecule has 0 atom stereocenters. The second-order valence-electron chi connectivity index (χ2n) is 6.81. The van der Waals surface area contributed by atoms with Gasteiger partial charge >= 0.3 is 0 Å². The van der Waals surface area contributed by atoms with Gasteiger partial charge in [0.05, 0.1) is 12.6 Å². The lowest BCUT2D eigenvalue weighted by molar-refractivity contribution is 0.0995. The number of aromatic hydroxyl groups is 1. The Balaban J connectivity index is 1.62. The number of fused-ring (bicyclic) bond motifs is 1. The number of aromatic nitrogens is 1. The number of aryl methyl sites for hydroxylation is 2. The number of para-hydroxylation sites is 1. The summed E-state index contributed by atoms with van der Waals surface area (Å²) in [6.45, 7) is 0.582. The highest BCUT2D eigenvalue weighted by molar-refractivity contribution is 5.97. The predicted octanol–water partition coefficient (Wildman–Crippen LogP) is 5.52. The number of hydrogen-bond donors (Lipinski definition) is 1. The van der Waals surface area contributed by atoms with Crippen LogP contribution in [0, 0.1) is 0 Å². The Morgan fingerprint density at radius 2 is 1.67 bits per heavy atom. The number of benzene rings is 3. The van der Waals surface area contributed by atoms with Crippen LogP contribution in [0.25, 0.3) is 10.9 Å². The Bertz CT molecular complexity index is 1200. The van der Waals surface area contributed by atoms with Crippen molar-refractivity contribution in [3.05, 3.63) is 90.0 Å². The Morgan fingerprint density at radius 3 is 2.40 bits per heavy atom. The molecule has 1 heterocycles. The second kappa shape index (κ2) is 8.61. The zero-order valence-corrected chi connectivity index (χ0v) is 16.5. The van der Waals surface area contributed by atoms with Gasteiger partial charge in [-0.25, -0.2) is 0 Å². The number of amides is 1. The maximum atomic E-state index is 12.4. The molecule has 0 saturated carbocycles. The monoisotopic (exact) mass is 399 g/mol. The molecule has 0 saturated heterocycles. The van der Waals surface area contributed by atoms with Crippen molar-refractivity contribution in [2.75, 3.05) is 7.11 Å². The lowest BCUT2D eigenvalue weighted by atomic mass is 10.1. The number of ether oxygens (including phenoxy) is 1. The predicted molar refractivity (Wildman–Crippen MR) is 116 cm³/mol. The van der Waals surface area contributed by atoms with Gasteiger partial charge in [0.1, 0.15) is 5.75 Å². The SMILES string of the molecule is COc1ccc(C(=O)N=Nc2c(O)n(CCc3ccccc3)c3ccccc23)cc1. The van der Waals surface area contributed by atoms with Gasteiger partial charge in [0, 0.05) is 17.5 Å². The summed E-state index contributed by atoms with van der Waals surface area (Å²) < 4.78 is 6.90. The smallest absolute Gasteiger partial charge is 0.295 e. The van der Waals surface area contributed by atoms with Crippen LogP contribution in [0.4, 0.5) is 5.69 Å². The van der Waals surface area contributed by atoms with Crippen LogP contribution in [-0.2, 0) is 13.0 Å². The molecule has 0 aliphatic rings. The third kappa shape index (κ3) is 3.93. The molecule has 1 amide bonds. The molecule has 1 aromatic heterocycles. The minimum absolute atomic E-state index is 0.00147. The normalized spacial score (nSPS) is 11.2. The lowest BCUT2D eigenvalue weighted by Crippen LogP contribution is -2.00. The van der Waals surface area contributed by atoms with Crippen molar-refractivity contribution in [1.82, 2.24) is 4.57 Å².